The lowest BCUT2D eigenvalue weighted by Crippen LogP contribution is -2.36. The van der Waals surface area contributed by atoms with E-state index < -0.39 is 0 Å². The Morgan fingerprint density at radius 1 is 0.962 bits per heavy atom. The molecule has 1 N–H and O–H groups in total. The van der Waals surface area contributed by atoms with E-state index in [4.69, 9.17) is 16.3 Å². The van der Waals surface area contributed by atoms with Gasteiger partial charge in [0.05, 0.1) is 23.9 Å². The van der Waals surface area contributed by atoms with E-state index in [2.05, 4.69) is 10.2 Å². The van der Waals surface area contributed by atoms with Gasteiger partial charge in [-0.05, 0) is 41.1 Å². The number of fused-ring (bicyclic) bond motifs is 1. The molecule has 1 heterocycles. The third-order valence-electron chi connectivity index (χ3n) is 4.57. The van der Waals surface area contributed by atoms with Gasteiger partial charge in [0.15, 0.2) is 0 Å². The molecule has 0 aliphatic carbocycles. The van der Waals surface area contributed by atoms with Crippen molar-refractivity contribution in [2.75, 3.05) is 36.5 Å². The lowest BCUT2D eigenvalue weighted by atomic mass is 10.1. The SMILES string of the molecule is O=C(Nc1ccc(N2CCOCC2)c(Cl)c1)c1ccc2ccccc2c1. The summed E-state index contributed by atoms with van der Waals surface area (Å²) in [4.78, 5) is 14.8. The van der Waals surface area contributed by atoms with Gasteiger partial charge < -0.3 is 15.0 Å². The van der Waals surface area contributed by atoms with Crippen molar-refractivity contribution >= 4 is 39.7 Å². The first kappa shape index (κ1) is 16.9. The van der Waals surface area contributed by atoms with Crippen LogP contribution >= 0.6 is 11.6 Å². The van der Waals surface area contributed by atoms with Crippen LogP contribution in [0.15, 0.2) is 60.7 Å². The minimum atomic E-state index is -0.147. The highest BCUT2D eigenvalue weighted by molar-refractivity contribution is 6.33. The Labute approximate surface area is 157 Å². The van der Waals surface area contributed by atoms with Gasteiger partial charge in [-0.25, -0.2) is 0 Å². The first-order chi connectivity index (χ1) is 12.7. The van der Waals surface area contributed by atoms with E-state index in [0.29, 0.717) is 29.5 Å². The lowest BCUT2D eigenvalue weighted by Gasteiger charge is -2.29. The Hall–Kier alpha value is -2.56. The van der Waals surface area contributed by atoms with Gasteiger partial charge in [0.25, 0.3) is 5.91 Å². The van der Waals surface area contributed by atoms with Crippen molar-refractivity contribution in [2.24, 2.45) is 0 Å². The number of carbonyl (C=O) groups is 1. The van der Waals surface area contributed by atoms with Crippen molar-refractivity contribution in [3.63, 3.8) is 0 Å². The maximum absolute atomic E-state index is 12.6. The quantitative estimate of drug-likeness (QED) is 0.737. The van der Waals surface area contributed by atoms with Crippen LogP contribution in [0.5, 0.6) is 0 Å². The highest BCUT2D eigenvalue weighted by atomic mass is 35.5. The zero-order valence-corrected chi connectivity index (χ0v) is 15.0. The topological polar surface area (TPSA) is 41.6 Å². The summed E-state index contributed by atoms with van der Waals surface area (Å²) in [6.45, 7) is 3.05. The molecule has 0 atom stereocenters. The van der Waals surface area contributed by atoms with Crippen molar-refractivity contribution in [3.05, 3.63) is 71.2 Å². The fraction of sp³-hybridized carbons (Fsp3) is 0.190. The maximum atomic E-state index is 12.6. The molecule has 5 heteroatoms. The van der Waals surface area contributed by atoms with Crippen LogP contribution in [-0.2, 0) is 4.74 Å². The van der Waals surface area contributed by atoms with Gasteiger partial charge >= 0.3 is 0 Å². The number of morpholine rings is 1. The number of anilines is 2. The summed E-state index contributed by atoms with van der Waals surface area (Å²) in [7, 11) is 0. The number of nitrogens with one attached hydrogen (secondary N) is 1. The predicted molar refractivity (Wildman–Crippen MR) is 106 cm³/mol. The number of hydrogen-bond donors (Lipinski definition) is 1. The maximum Gasteiger partial charge on any atom is 0.255 e. The van der Waals surface area contributed by atoms with Crippen LogP contribution < -0.4 is 10.2 Å². The Kier molecular flexibility index (Phi) is 4.78. The summed E-state index contributed by atoms with van der Waals surface area (Å²) in [5, 5.41) is 5.71. The van der Waals surface area contributed by atoms with Crippen LogP contribution in [-0.4, -0.2) is 32.2 Å². The van der Waals surface area contributed by atoms with Gasteiger partial charge in [-0.2, -0.15) is 0 Å². The molecule has 0 saturated carbocycles. The summed E-state index contributed by atoms with van der Waals surface area (Å²) >= 11 is 6.44. The molecule has 4 nitrogen and oxygen atoms in total. The second kappa shape index (κ2) is 7.36. The van der Waals surface area contributed by atoms with Gasteiger partial charge in [0.1, 0.15) is 0 Å². The standard InChI is InChI=1S/C21H19ClN2O2/c22-19-14-18(7-8-20(19)24-9-11-26-12-10-24)23-21(25)17-6-5-15-3-1-2-4-16(15)13-17/h1-8,13-14H,9-12H2,(H,23,25). The first-order valence-electron chi connectivity index (χ1n) is 8.63. The number of ether oxygens (including phenoxy) is 1. The fourth-order valence-electron chi connectivity index (χ4n) is 3.18. The molecular weight excluding hydrogens is 348 g/mol. The van der Waals surface area contributed by atoms with Crippen LogP contribution in [0, 0.1) is 0 Å². The van der Waals surface area contributed by atoms with Gasteiger partial charge in [-0.1, -0.05) is 41.9 Å². The molecule has 0 bridgehead atoms. The third kappa shape index (κ3) is 3.52. The second-order valence-corrected chi connectivity index (χ2v) is 6.69. The van der Waals surface area contributed by atoms with Crippen molar-refractivity contribution in [2.45, 2.75) is 0 Å². The zero-order valence-electron chi connectivity index (χ0n) is 14.2. The highest BCUT2D eigenvalue weighted by Crippen LogP contribution is 2.29. The highest BCUT2D eigenvalue weighted by Gasteiger charge is 2.15. The smallest absolute Gasteiger partial charge is 0.255 e. The van der Waals surface area contributed by atoms with Crippen molar-refractivity contribution in [1.29, 1.82) is 0 Å². The van der Waals surface area contributed by atoms with Gasteiger partial charge in [0.2, 0.25) is 0 Å². The van der Waals surface area contributed by atoms with Crippen LogP contribution in [0.1, 0.15) is 10.4 Å². The first-order valence-corrected chi connectivity index (χ1v) is 9.01. The number of nitrogens with zero attached hydrogens (tertiary/aromatic N) is 1. The molecule has 0 unspecified atom stereocenters. The Morgan fingerprint density at radius 2 is 1.73 bits per heavy atom. The second-order valence-electron chi connectivity index (χ2n) is 6.28. The number of halogens is 1. The van der Waals surface area contributed by atoms with E-state index in [9.17, 15) is 4.79 Å². The van der Waals surface area contributed by atoms with E-state index >= 15 is 0 Å². The summed E-state index contributed by atoms with van der Waals surface area (Å²) in [5.74, 6) is -0.147. The molecule has 1 aliphatic rings. The molecule has 1 saturated heterocycles. The van der Waals surface area contributed by atoms with E-state index in [0.717, 1.165) is 29.5 Å². The van der Waals surface area contributed by atoms with E-state index in [-0.39, 0.29) is 5.91 Å². The molecule has 26 heavy (non-hydrogen) atoms. The third-order valence-corrected chi connectivity index (χ3v) is 4.87. The van der Waals surface area contributed by atoms with E-state index in [1.54, 1.807) is 6.07 Å². The summed E-state index contributed by atoms with van der Waals surface area (Å²) in [6.07, 6.45) is 0. The molecule has 3 aromatic carbocycles. The molecule has 132 valence electrons. The van der Waals surface area contributed by atoms with Crippen molar-refractivity contribution in [1.82, 2.24) is 0 Å². The molecule has 0 radical (unpaired) electrons. The largest absolute Gasteiger partial charge is 0.378 e. The van der Waals surface area contributed by atoms with E-state index in [1.807, 2.05) is 54.6 Å². The number of benzene rings is 3. The Balaban J connectivity index is 1.52. The Morgan fingerprint density at radius 3 is 2.50 bits per heavy atom. The summed E-state index contributed by atoms with van der Waals surface area (Å²) < 4.78 is 5.38. The van der Waals surface area contributed by atoms with Crippen LogP contribution in [0.4, 0.5) is 11.4 Å². The average Bonchev–Trinajstić information content (AvgIpc) is 2.68. The lowest BCUT2D eigenvalue weighted by molar-refractivity contribution is 0.102. The normalized spacial score (nSPS) is 14.4. The monoisotopic (exact) mass is 366 g/mol. The van der Waals surface area contributed by atoms with Crippen LogP contribution in [0.3, 0.4) is 0 Å². The molecular formula is C21H19ClN2O2. The summed E-state index contributed by atoms with van der Waals surface area (Å²) in [5.41, 5.74) is 2.28. The van der Waals surface area contributed by atoms with Gasteiger partial charge in [-0.15, -0.1) is 0 Å². The minimum absolute atomic E-state index is 0.147. The van der Waals surface area contributed by atoms with E-state index in [1.165, 1.54) is 0 Å². The number of amides is 1. The molecule has 4 rings (SSSR count). The predicted octanol–water partition coefficient (Wildman–Crippen LogP) is 4.58. The number of hydrogen-bond acceptors (Lipinski definition) is 3. The van der Waals surface area contributed by atoms with Crippen molar-refractivity contribution in [3.8, 4) is 0 Å². The summed E-state index contributed by atoms with van der Waals surface area (Å²) in [6, 6.07) is 19.3. The number of rotatable bonds is 3. The molecule has 1 amide bonds. The fourth-order valence-corrected chi connectivity index (χ4v) is 3.48. The zero-order chi connectivity index (χ0) is 17.9. The number of carbonyl (C=O) groups excluding carboxylic acids is 1. The Bertz CT molecular complexity index is 952. The van der Waals surface area contributed by atoms with Gasteiger partial charge in [-0.3, -0.25) is 4.79 Å². The molecule has 1 aliphatic heterocycles. The van der Waals surface area contributed by atoms with Crippen LogP contribution in [0.2, 0.25) is 5.02 Å². The van der Waals surface area contributed by atoms with Crippen LogP contribution in [0.25, 0.3) is 10.8 Å². The molecule has 1 fully saturated rings. The minimum Gasteiger partial charge on any atom is -0.378 e. The average molecular weight is 367 g/mol. The van der Waals surface area contributed by atoms with Gasteiger partial charge in [0, 0.05) is 24.3 Å². The molecule has 3 aromatic rings. The molecule has 0 spiro atoms. The molecule has 0 aromatic heterocycles. The van der Waals surface area contributed by atoms with Crippen molar-refractivity contribution < 1.29 is 9.53 Å².